The van der Waals surface area contributed by atoms with Crippen molar-refractivity contribution in [3.05, 3.63) is 10.3 Å². The summed E-state index contributed by atoms with van der Waals surface area (Å²) in [6, 6.07) is 0. The molecule has 0 aromatic rings. The Kier molecular flexibility index (Phi) is 2.74. The van der Waals surface area contributed by atoms with Crippen LogP contribution in [-0.2, 0) is 0 Å². The summed E-state index contributed by atoms with van der Waals surface area (Å²) in [4.78, 5) is 0. The van der Waals surface area contributed by atoms with E-state index in [0.717, 1.165) is 26.2 Å². The van der Waals surface area contributed by atoms with Crippen molar-refractivity contribution in [3.63, 3.8) is 0 Å². The normalized spacial score (nSPS) is 6.80. The van der Waals surface area contributed by atoms with Crippen molar-refractivity contribution < 1.29 is 0 Å². The average molecular weight is 176 g/mol. The molecule has 0 aromatic heterocycles. The fourth-order valence-electron chi connectivity index (χ4n) is 0. The van der Waals surface area contributed by atoms with Crippen molar-refractivity contribution in [2.24, 2.45) is 0 Å². The monoisotopic (exact) mass is 177 g/mol. The van der Waals surface area contributed by atoms with E-state index in [1.165, 1.54) is 0 Å². The molecule has 0 aliphatic rings. The molecule has 0 heterocycles. The van der Waals surface area contributed by atoms with Gasteiger partial charge in [0.05, 0.1) is 0 Å². The van der Waals surface area contributed by atoms with Crippen LogP contribution in [0.5, 0.6) is 0 Å². The van der Waals surface area contributed by atoms with Gasteiger partial charge in [0.25, 0.3) is 0 Å². The first-order chi connectivity index (χ1) is 2.27. The third-order valence-electron chi connectivity index (χ3n) is 0.321. The van der Waals surface area contributed by atoms with Gasteiger partial charge in [0.2, 0.25) is 0 Å². The molecule has 0 rings (SSSR count). The Labute approximate surface area is 45.5 Å². The molecule has 2 heteroatoms. The van der Waals surface area contributed by atoms with Crippen molar-refractivity contribution in [2.45, 2.75) is 0 Å². The van der Waals surface area contributed by atoms with Gasteiger partial charge in [0, 0.05) is 0 Å². The zero-order valence-electron chi connectivity index (χ0n) is 3.28. The molecule has 0 spiro atoms. The molecule has 2 radical (unpaired) electrons. The van der Waals surface area contributed by atoms with Crippen LogP contribution in [0.1, 0.15) is 0 Å². The van der Waals surface area contributed by atoms with E-state index in [-0.39, 0.29) is 0 Å². The minimum atomic E-state index is 1.12. The molecule has 1 N–H and O–H groups in total. The van der Waals surface area contributed by atoms with Crippen LogP contribution in [-0.4, -0.2) is 29.6 Å². The number of hydrogen-bond donors (Lipinski definition) is 1. The summed E-state index contributed by atoms with van der Waals surface area (Å²) >= 11 is 1.12. The Hall–Kier alpha value is 0.339. The van der Waals surface area contributed by atoms with Crippen molar-refractivity contribution in [1.82, 2.24) is 5.32 Å². The molecule has 0 saturated heterocycles. The molecular formula is C3H7NSn. The molecule has 28 valence electrons. The Bertz CT molecular complexity index is 42.2. The zero-order chi connectivity index (χ0) is 4.28. The maximum absolute atomic E-state index is 3.62. The van der Waals surface area contributed by atoms with Crippen molar-refractivity contribution in [3.8, 4) is 0 Å². The van der Waals surface area contributed by atoms with Gasteiger partial charge in [0.15, 0.2) is 0 Å². The predicted molar refractivity (Wildman–Crippen MR) is 25.3 cm³/mol. The van der Waals surface area contributed by atoms with Gasteiger partial charge in [0.1, 0.15) is 0 Å². The number of hydrogen-bond acceptors (Lipinski definition) is 1. The molecular weight excluding hydrogens is 169 g/mol. The van der Waals surface area contributed by atoms with E-state index in [9.17, 15) is 0 Å². The summed E-state index contributed by atoms with van der Waals surface area (Å²) in [6.45, 7) is 3.62. The molecule has 0 saturated carbocycles. The van der Waals surface area contributed by atoms with Crippen LogP contribution < -0.4 is 5.32 Å². The van der Waals surface area contributed by atoms with Crippen LogP contribution in [0.4, 0.5) is 0 Å². The molecule has 5 heavy (non-hydrogen) atoms. The molecule has 0 unspecified atom stereocenters. The van der Waals surface area contributed by atoms with E-state index in [0.29, 0.717) is 0 Å². The molecule has 0 bridgehead atoms. The molecule has 0 atom stereocenters. The summed E-state index contributed by atoms with van der Waals surface area (Å²) in [7, 11) is 1.88. The van der Waals surface area contributed by atoms with Crippen LogP contribution >= 0.6 is 0 Å². The van der Waals surface area contributed by atoms with Crippen molar-refractivity contribution in [1.29, 1.82) is 0 Å². The van der Waals surface area contributed by atoms with Gasteiger partial charge in [-0.3, -0.25) is 0 Å². The zero-order valence-corrected chi connectivity index (χ0v) is 6.58. The maximum atomic E-state index is 3.62. The van der Waals surface area contributed by atoms with Gasteiger partial charge >= 0.3 is 45.2 Å². The fraction of sp³-hybridized carbons (Fsp3) is 0.333. The van der Waals surface area contributed by atoms with Crippen LogP contribution in [0.25, 0.3) is 0 Å². The van der Waals surface area contributed by atoms with Crippen LogP contribution in [0.3, 0.4) is 0 Å². The summed E-state index contributed by atoms with van der Waals surface area (Å²) in [6.07, 6.45) is 0. The first-order valence-electron chi connectivity index (χ1n) is 1.39. The topological polar surface area (TPSA) is 12.0 Å². The molecule has 0 amide bonds. The van der Waals surface area contributed by atoms with Crippen LogP contribution in [0, 0.1) is 0 Å². The van der Waals surface area contributed by atoms with Crippen LogP contribution in [0.2, 0.25) is 0 Å². The van der Waals surface area contributed by atoms with Gasteiger partial charge in [-0.1, -0.05) is 0 Å². The molecule has 0 fully saturated rings. The summed E-state index contributed by atoms with van der Waals surface area (Å²) < 4.78 is 1.13. The minimum absolute atomic E-state index is 1.12. The number of nitrogens with one attached hydrogen (secondary N) is 1. The second-order valence-corrected chi connectivity index (χ2v) is 2.76. The van der Waals surface area contributed by atoms with Crippen molar-refractivity contribution in [2.75, 3.05) is 7.05 Å². The third kappa shape index (κ3) is 4.34. The average Bonchev–Trinajstić information content (AvgIpc) is 1.38. The van der Waals surface area contributed by atoms with E-state index >= 15 is 0 Å². The van der Waals surface area contributed by atoms with E-state index in [1.807, 2.05) is 7.05 Å². The first kappa shape index (κ1) is 5.34. The molecule has 0 aliphatic heterocycles. The third-order valence-corrected chi connectivity index (χ3v) is 1.15. The molecule has 0 aliphatic carbocycles. The van der Waals surface area contributed by atoms with E-state index in [4.69, 9.17) is 0 Å². The Morgan fingerprint density at radius 3 is 2.20 bits per heavy atom. The second-order valence-electron chi connectivity index (χ2n) is 0.775. The first-order valence-corrected chi connectivity index (χ1v) is 3.04. The van der Waals surface area contributed by atoms with E-state index in [2.05, 4.69) is 11.9 Å². The van der Waals surface area contributed by atoms with Gasteiger partial charge in [-0.15, -0.1) is 0 Å². The summed E-state index contributed by atoms with van der Waals surface area (Å²) in [5.41, 5.74) is 0. The van der Waals surface area contributed by atoms with Gasteiger partial charge in [-0.05, 0) is 0 Å². The van der Waals surface area contributed by atoms with E-state index in [1.54, 1.807) is 0 Å². The summed E-state index contributed by atoms with van der Waals surface area (Å²) in [5, 5.41) is 2.89. The van der Waals surface area contributed by atoms with Gasteiger partial charge < -0.3 is 0 Å². The van der Waals surface area contributed by atoms with Gasteiger partial charge in [-0.25, -0.2) is 0 Å². The fourth-order valence-corrected chi connectivity index (χ4v) is 0. The van der Waals surface area contributed by atoms with Gasteiger partial charge in [-0.2, -0.15) is 0 Å². The predicted octanol–water partition coefficient (Wildman–Crippen LogP) is -0.422. The Balaban J connectivity index is 2.85. The standard InChI is InChI=1S/C3H6N.Sn.H/c1-3-4-2;;/h4H,1H2,2H3;;. The SMILES string of the molecule is C=[C]([SnH])NC. The van der Waals surface area contributed by atoms with Crippen molar-refractivity contribution >= 4 is 22.5 Å². The quantitative estimate of drug-likeness (QED) is 0.534. The molecule has 0 aromatic carbocycles. The second kappa shape index (κ2) is 2.57. The van der Waals surface area contributed by atoms with E-state index < -0.39 is 0 Å². The Morgan fingerprint density at radius 1 is 2.00 bits per heavy atom. The van der Waals surface area contributed by atoms with Crippen LogP contribution in [0.15, 0.2) is 10.3 Å². The summed E-state index contributed by atoms with van der Waals surface area (Å²) in [5.74, 6) is 0. The number of rotatable bonds is 1. The molecule has 1 nitrogen and oxygen atoms in total. The Morgan fingerprint density at radius 2 is 2.20 bits per heavy atom.